The zero-order chi connectivity index (χ0) is 18.0. The second-order valence-electron chi connectivity index (χ2n) is 6.36. The Labute approximate surface area is 146 Å². The van der Waals surface area contributed by atoms with E-state index in [9.17, 15) is 14.7 Å². The number of amides is 1. The number of ether oxygens (including phenoxy) is 3. The number of hydrogen-bond donors (Lipinski definition) is 1. The number of hydrogen-bond acceptors (Lipinski definition) is 5. The Morgan fingerprint density at radius 2 is 2.00 bits per heavy atom. The Balaban J connectivity index is 1.97. The number of carbonyl (C=O) groups excluding carboxylic acids is 1. The number of aliphatic carboxylic acids is 1. The van der Waals surface area contributed by atoms with Crippen molar-refractivity contribution < 1.29 is 28.9 Å². The van der Waals surface area contributed by atoms with Crippen LogP contribution < -0.4 is 9.47 Å². The molecular weight excluding hydrogens is 326 g/mol. The Hall–Kier alpha value is -2.28. The molecule has 25 heavy (non-hydrogen) atoms. The van der Waals surface area contributed by atoms with Crippen LogP contribution in [0.25, 0.3) is 0 Å². The van der Waals surface area contributed by atoms with Crippen molar-refractivity contribution in [1.82, 2.24) is 4.90 Å². The molecular formula is C18H23NO6. The quantitative estimate of drug-likeness (QED) is 0.870. The maximum absolute atomic E-state index is 12.9. The van der Waals surface area contributed by atoms with E-state index in [0.29, 0.717) is 44.1 Å². The number of methoxy groups -OCH3 is 2. The number of rotatable bonds is 5. The van der Waals surface area contributed by atoms with Crippen molar-refractivity contribution in [3.8, 4) is 11.5 Å². The van der Waals surface area contributed by atoms with Gasteiger partial charge in [0.2, 0.25) is 5.91 Å². The summed E-state index contributed by atoms with van der Waals surface area (Å²) in [5, 5.41) is 9.36. The molecule has 0 bridgehead atoms. The molecule has 136 valence electrons. The van der Waals surface area contributed by atoms with Crippen LogP contribution in [0.2, 0.25) is 0 Å². The lowest BCUT2D eigenvalue weighted by atomic mass is 9.89. The zero-order valence-corrected chi connectivity index (χ0v) is 14.5. The first kappa shape index (κ1) is 17.5. The lowest BCUT2D eigenvalue weighted by Gasteiger charge is -2.38. The van der Waals surface area contributed by atoms with Crippen LogP contribution in [0.5, 0.6) is 11.5 Å². The van der Waals surface area contributed by atoms with Gasteiger partial charge in [-0.3, -0.25) is 9.59 Å². The highest BCUT2D eigenvalue weighted by Gasteiger charge is 2.37. The summed E-state index contributed by atoms with van der Waals surface area (Å²) in [6.07, 6.45) is 1.21. The van der Waals surface area contributed by atoms with E-state index in [0.717, 1.165) is 11.1 Å². The first-order valence-electron chi connectivity index (χ1n) is 8.40. The molecule has 2 unspecified atom stereocenters. The number of carboxylic acid groups (broad SMARTS) is 1. The van der Waals surface area contributed by atoms with Gasteiger partial charge in [0.1, 0.15) is 0 Å². The highest BCUT2D eigenvalue weighted by atomic mass is 16.5. The van der Waals surface area contributed by atoms with Gasteiger partial charge in [-0.2, -0.15) is 0 Å². The van der Waals surface area contributed by atoms with Gasteiger partial charge in [0.25, 0.3) is 0 Å². The van der Waals surface area contributed by atoms with Crippen molar-refractivity contribution in [1.29, 1.82) is 0 Å². The molecule has 2 aliphatic heterocycles. The van der Waals surface area contributed by atoms with E-state index in [1.165, 1.54) is 7.11 Å². The maximum atomic E-state index is 12.9. The molecule has 0 spiro atoms. The molecule has 1 aromatic carbocycles. The van der Waals surface area contributed by atoms with Gasteiger partial charge in [0.05, 0.1) is 39.2 Å². The van der Waals surface area contributed by atoms with Gasteiger partial charge >= 0.3 is 5.97 Å². The van der Waals surface area contributed by atoms with Gasteiger partial charge in [0.15, 0.2) is 11.5 Å². The third-order valence-electron chi connectivity index (χ3n) is 4.93. The zero-order valence-electron chi connectivity index (χ0n) is 14.5. The van der Waals surface area contributed by atoms with Crippen LogP contribution >= 0.6 is 0 Å². The topological polar surface area (TPSA) is 85.3 Å². The van der Waals surface area contributed by atoms with Gasteiger partial charge in [-0.25, -0.2) is 0 Å². The fraction of sp³-hybridized carbons (Fsp3) is 0.556. The molecule has 2 aliphatic rings. The standard InChI is InChI=1S/C18H23NO6/c1-23-15-7-11-3-5-19(18(22)12-4-6-25-10-12)14(9-17(20)21)13(11)8-16(15)24-2/h7-8,12,14H,3-6,9-10H2,1-2H3,(H,20,21). The molecule has 7 heteroatoms. The van der Waals surface area contributed by atoms with E-state index in [1.54, 1.807) is 18.1 Å². The Morgan fingerprint density at radius 3 is 2.60 bits per heavy atom. The van der Waals surface area contributed by atoms with Crippen LogP contribution in [0, 0.1) is 5.92 Å². The molecule has 3 rings (SSSR count). The molecule has 7 nitrogen and oxygen atoms in total. The van der Waals surface area contributed by atoms with Crippen LogP contribution in [-0.2, 0) is 20.7 Å². The third-order valence-corrected chi connectivity index (χ3v) is 4.93. The summed E-state index contributed by atoms with van der Waals surface area (Å²) in [7, 11) is 3.11. The van der Waals surface area contributed by atoms with Crippen LogP contribution in [0.15, 0.2) is 12.1 Å². The lowest BCUT2D eigenvalue weighted by molar-refractivity contribution is -0.143. The van der Waals surface area contributed by atoms with Crippen molar-refractivity contribution in [2.45, 2.75) is 25.3 Å². The molecule has 0 radical (unpaired) electrons. The molecule has 1 saturated heterocycles. The average molecular weight is 349 g/mol. The highest BCUT2D eigenvalue weighted by molar-refractivity contribution is 5.81. The van der Waals surface area contributed by atoms with E-state index >= 15 is 0 Å². The van der Waals surface area contributed by atoms with Gasteiger partial charge in [0, 0.05) is 13.2 Å². The van der Waals surface area contributed by atoms with E-state index < -0.39 is 12.0 Å². The Morgan fingerprint density at radius 1 is 1.28 bits per heavy atom. The summed E-state index contributed by atoms with van der Waals surface area (Å²) in [5.41, 5.74) is 1.81. The van der Waals surface area contributed by atoms with Gasteiger partial charge in [-0.05, 0) is 36.1 Å². The van der Waals surface area contributed by atoms with Crippen molar-refractivity contribution >= 4 is 11.9 Å². The number of fused-ring (bicyclic) bond motifs is 1. The molecule has 0 saturated carbocycles. The number of nitrogens with zero attached hydrogens (tertiary/aromatic N) is 1. The van der Waals surface area contributed by atoms with E-state index in [4.69, 9.17) is 14.2 Å². The highest BCUT2D eigenvalue weighted by Crippen LogP contribution is 2.40. The van der Waals surface area contributed by atoms with Gasteiger partial charge < -0.3 is 24.2 Å². The van der Waals surface area contributed by atoms with Crippen molar-refractivity contribution in [2.75, 3.05) is 34.0 Å². The van der Waals surface area contributed by atoms with Gasteiger partial charge in [-0.15, -0.1) is 0 Å². The molecule has 1 fully saturated rings. The third kappa shape index (κ3) is 3.42. The fourth-order valence-corrected chi connectivity index (χ4v) is 3.64. The SMILES string of the molecule is COc1cc2c(cc1OC)C(CC(=O)O)N(C(=O)C1CCOC1)CC2. The van der Waals surface area contributed by atoms with Crippen LogP contribution in [-0.4, -0.2) is 55.9 Å². The normalized spacial score (nSPS) is 22.4. The molecule has 1 N–H and O–H groups in total. The van der Waals surface area contributed by atoms with Crippen LogP contribution in [0.4, 0.5) is 0 Å². The molecule has 1 aromatic rings. The number of carbonyl (C=O) groups is 2. The second kappa shape index (κ2) is 7.31. The maximum Gasteiger partial charge on any atom is 0.305 e. The second-order valence-corrected chi connectivity index (χ2v) is 6.36. The summed E-state index contributed by atoms with van der Waals surface area (Å²) in [6, 6.07) is 3.17. The van der Waals surface area contributed by atoms with E-state index in [1.807, 2.05) is 6.07 Å². The Kier molecular flexibility index (Phi) is 5.13. The summed E-state index contributed by atoms with van der Waals surface area (Å²) in [5.74, 6) is 0.00436. The van der Waals surface area contributed by atoms with Crippen molar-refractivity contribution in [3.05, 3.63) is 23.3 Å². The molecule has 1 amide bonds. The first-order valence-corrected chi connectivity index (χ1v) is 8.40. The van der Waals surface area contributed by atoms with E-state index in [2.05, 4.69) is 0 Å². The summed E-state index contributed by atoms with van der Waals surface area (Å²) < 4.78 is 16.0. The lowest BCUT2D eigenvalue weighted by Crippen LogP contribution is -2.44. The predicted molar refractivity (Wildman–Crippen MR) is 88.9 cm³/mol. The first-order chi connectivity index (χ1) is 12.0. The molecule has 0 aliphatic carbocycles. The number of benzene rings is 1. The monoisotopic (exact) mass is 349 g/mol. The van der Waals surface area contributed by atoms with Crippen molar-refractivity contribution in [3.63, 3.8) is 0 Å². The fourth-order valence-electron chi connectivity index (χ4n) is 3.64. The average Bonchev–Trinajstić information content (AvgIpc) is 3.14. The minimum absolute atomic E-state index is 0.0239. The predicted octanol–water partition coefficient (Wildman–Crippen LogP) is 1.64. The minimum Gasteiger partial charge on any atom is -0.493 e. The largest absolute Gasteiger partial charge is 0.493 e. The smallest absolute Gasteiger partial charge is 0.305 e. The molecule has 2 atom stereocenters. The van der Waals surface area contributed by atoms with E-state index in [-0.39, 0.29) is 18.2 Å². The van der Waals surface area contributed by atoms with Crippen LogP contribution in [0.3, 0.4) is 0 Å². The van der Waals surface area contributed by atoms with Crippen molar-refractivity contribution in [2.24, 2.45) is 5.92 Å². The molecule has 2 heterocycles. The minimum atomic E-state index is -0.937. The Bertz CT molecular complexity index is 668. The van der Waals surface area contributed by atoms with Crippen LogP contribution in [0.1, 0.15) is 30.0 Å². The van der Waals surface area contributed by atoms with Gasteiger partial charge in [-0.1, -0.05) is 0 Å². The number of carboxylic acids is 1. The summed E-state index contributed by atoms with van der Waals surface area (Å²) in [4.78, 5) is 26.0. The molecule has 0 aromatic heterocycles. The summed E-state index contributed by atoms with van der Waals surface area (Å²) >= 11 is 0. The summed E-state index contributed by atoms with van der Waals surface area (Å²) in [6.45, 7) is 1.49.